The highest BCUT2D eigenvalue weighted by atomic mass is 15.0. The fraction of sp³-hybridized carbons (Fsp3) is 0. The normalized spacial score (nSPS) is 12.6. The van der Waals surface area contributed by atoms with E-state index in [1.54, 1.807) is 0 Å². The Hall–Kier alpha value is -9.97. The van der Waals surface area contributed by atoms with Crippen molar-refractivity contribution in [1.82, 2.24) is 22.9 Å². The molecule has 0 fully saturated rings. The van der Waals surface area contributed by atoms with Crippen LogP contribution in [-0.2, 0) is 0 Å². The average molecular weight is 938 g/mol. The highest BCUT2D eigenvalue weighted by Crippen LogP contribution is 2.49. The Bertz CT molecular complexity index is 5420. The lowest BCUT2D eigenvalue weighted by Gasteiger charge is -2.10. The highest BCUT2D eigenvalue weighted by molar-refractivity contribution is 6.34. The van der Waals surface area contributed by atoms with Gasteiger partial charge in [0.05, 0.1) is 55.2 Å². The summed E-state index contributed by atoms with van der Waals surface area (Å²) in [4.78, 5) is 5.93. The molecule has 18 rings (SSSR count). The van der Waals surface area contributed by atoms with Crippen LogP contribution in [0, 0.1) is 0 Å². The van der Waals surface area contributed by atoms with E-state index >= 15 is 0 Å². The van der Waals surface area contributed by atoms with Crippen molar-refractivity contribution in [2.75, 3.05) is 0 Å². The van der Waals surface area contributed by atoms with E-state index in [0.29, 0.717) is 0 Å². The molecule has 18 aromatic rings. The number of pyridine rings is 1. The van der Waals surface area contributed by atoms with Crippen LogP contribution in [0.2, 0.25) is 0 Å². The Kier molecular flexibility index (Phi) is 7.28. The summed E-state index contributed by atoms with van der Waals surface area (Å²) in [5, 5.41) is 16.0. The maximum atomic E-state index is 5.93. The molecule has 0 aliphatic carbocycles. The number of benzene rings is 11. The minimum atomic E-state index is 0.982. The lowest BCUT2D eigenvalue weighted by atomic mass is 9.97. The van der Waals surface area contributed by atoms with Gasteiger partial charge in [0, 0.05) is 81.8 Å². The Morgan fingerprint density at radius 3 is 1.39 bits per heavy atom. The SMILES string of the molecule is c1ccc(-n2c3ccccc3c3cc(-c4cccc5c6c7ccccc7cc7c8nc9c(cc8n(c45)c76)c4cccc5c6cccc(-c7ccc8c(c7)c7ccccc7n8-c7ccccc7)c6n9c45)ccc32)cc1. The second kappa shape index (κ2) is 13.9. The van der Waals surface area contributed by atoms with E-state index in [9.17, 15) is 0 Å². The van der Waals surface area contributed by atoms with Gasteiger partial charge in [0.25, 0.3) is 0 Å². The maximum Gasteiger partial charge on any atom is 0.146 e. The molecule has 0 bridgehead atoms. The predicted octanol–water partition coefficient (Wildman–Crippen LogP) is 18.1. The molecule has 5 nitrogen and oxygen atoms in total. The Labute approximate surface area is 421 Å². The van der Waals surface area contributed by atoms with Crippen molar-refractivity contribution in [3.05, 3.63) is 237 Å². The summed E-state index contributed by atoms with van der Waals surface area (Å²) < 4.78 is 9.83. The van der Waals surface area contributed by atoms with Crippen LogP contribution in [-0.4, -0.2) is 22.9 Å². The molecule has 340 valence electrons. The number of hydrogen-bond acceptors (Lipinski definition) is 1. The molecular formula is C69H39N5. The zero-order valence-corrected chi connectivity index (χ0v) is 39.8. The Morgan fingerprint density at radius 2 is 0.757 bits per heavy atom. The molecule has 0 atom stereocenters. The number of para-hydroxylation sites is 7. The van der Waals surface area contributed by atoms with Crippen molar-refractivity contribution in [2.45, 2.75) is 0 Å². The summed E-state index contributed by atoms with van der Waals surface area (Å²) in [6.07, 6.45) is 0. The minimum absolute atomic E-state index is 0.982. The van der Waals surface area contributed by atoms with Gasteiger partial charge in [-0.25, -0.2) is 4.98 Å². The Balaban J connectivity index is 0.929. The molecule has 0 amide bonds. The van der Waals surface area contributed by atoms with Crippen LogP contribution in [0.3, 0.4) is 0 Å². The summed E-state index contributed by atoms with van der Waals surface area (Å²) in [5.41, 5.74) is 19.8. The topological polar surface area (TPSA) is 31.6 Å². The molecule has 0 N–H and O–H groups in total. The second-order valence-corrected chi connectivity index (χ2v) is 20.2. The van der Waals surface area contributed by atoms with E-state index in [0.717, 1.165) is 33.4 Å². The fourth-order valence-corrected chi connectivity index (χ4v) is 13.6. The molecule has 0 unspecified atom stereocenters. The predicted molar refractivity (Wildman–Crippen MR) is 311 cm³/mol. The van der Waals surface area contributed by atoms with Gasteiger partial charge in [0.15, 0.2) is 0 Å². The molecule has 7 heterocycles. The van der Waals surface area contributed by atoms with Gasteiger partial charge in [-0.05, 0) is 94.7 Å². The number of aromatic nitrogens is 5. The molecule has 74 heavy (non-hydrogen) atoms. The fourth-order valence-electron chi connectivity index (χ4n) is 13.6. The summed E-state index contributed by atoms with van der Waals surface area (Å²) in [7, 11) is 0. The lowest BCUT2D eigenvalue weighted by Crippen LogP contribution is -1.93. The van der Waals surface area contributed by atoms with Gasteiger partial charge in [0.1, 0.15) is 5.65 Å². The first-order chi connectivity index (χ1) is 36.7. The lowest BCUT2D eigenvalue weighted by molar-refractivity contribution is 1.18. The monoisotopic (exact) mass is 937 g/mol. The van der Waals surface area contributed by atoms with Gasteiger partial charge in [-0.1, -0.05) is 164 Å². The van der Waals surface area contributed by atoms with Gasteiger partial charge in [0.2, 0.25) is 0 Å². The summed E-state index contributed by atoms with van der Waals surface area (Å²) in [5.74, 6) is 0. The van der Waals surface area contributed by atoms with Crippen LogP contribution in [0.1, 0.15) is 0 Å². The van der Waals surface area contributed by atoms with Crippen LogP contribution in [0.25, 0.3) is 164 Å². The third kappa shape index (κ3) is 4.82. The molecule has 0 saturated carbocycles. The third-order valence-electron chi connectivity index (χ3n) is 16.6. The van der Waals surface area contributed by atoms with Crippen LogP contribution in [0.5, 0.6) is 0 Å². The first kappa shape index (κ1) is 38.7. The van der Waals surface area contributed by atoms with Crippen molar-refractivity contribution >= 4 is 131 Å². The first-order valence-electron chi connectivity index (χ1n) is 25.5. The molecule has 0 saturated heterocycles. The average Bonchev–Trinajstić information content (AvgIpc) is 4.40. The molecule has 0 radical (unpaired) electrons. The van der Waals surface area contributed by atoms with Gasteiger partial charge >= 0.3 is 0 Å². The maximum absolute atomic E-state index is 5.93. The largest absolute Gasteiger partial charge is 0.309 e. The molecular weight excluding hydrogens is 899 g/mol. The summed E-state index contributed by atoms with van der Waals surface area (Å²) in [6, 6.07) is 87.4. The van der Waals surface area contributed by atoms with Crippen molar-refractivity contribution in [2.24, 2.45) is 0 Å². The molecule has 5 heteroatoms. The third-order valence-corrected chi connectivity index (χ3v) is 16.6. The van der Waals surface area contributed by atoms with E-state index in [1.807, 2.05) is 0 Å². The Morgan fingerprint density at radius 1 is 0.270 bits per heavy atom. The molecule has 0 aliphatic rings. The zero-order chi connectivity index (χ0) is 47.9. The summed E-state index contributed by atoms with van der Waals surface area (Å²) >= 11 is 0. The second-order valence-electron chi connectivity index (χ2n) is 20.2. The van der Waals surface area contributed by atoms with Crippen molar-refractivity contribution in [3.63, 3.8) is 0 Å². The van der Waals surface area contributed by atoms with E-state index < -0.39 is 0 Å². The number of nitrogens with zero attached hydrogens (tertiary/aromatic N) is 5. The number of fused-ring (bicyclic) bond motifs is 20. The van der Waals surface area contributed by atoms with Crippen LogP contribution < -0.4 is 0 Å². The molecule has 0 aliphatic heterocycles. The number of hydrogen-bond donors (Lipinski definition) is 0. The zero-order valence-electron chi connectivity index (χ0n) is 39.8. The highest BCUT2D eigenvalue weighted by Gasteiger charge is 2.27. The van der Waals surface area contributed by atoms with Crippen molar-refractivity contribution < 1.29 is 0 Å². The van der Waals surface area contributed by atoms with Crippen molar-refractivity contribution in [1.29, 1.82) is 0 Å². The first-order valence-corrected chi connectivity index (χ1v) is 25.5. The van der Waals surface area contributed by atoms with Crippen LogP contribution in [0.4, 0.5) is 0 Å². The van der Waals surface area contributed by atoms with E-state index in [2.05, 4.69) is 255 Å². The van der Waals surface area contributed by atoms with Gasteiger partial charge < -0.3 is 13.5 Å². The van der Waals surface area contributed by atoms with Crippen LogP contribution >= 0.6 is 0 Å². The van der Waals surface area contributed by atoms with Crippen molar-refractivity contribution in [3.8, 4) is 33.6 Å². The van der Waals surface area contributed by atoms with E-state index in [-0.39, 0.29) is 0 Å². The van der Waals surface area contributed by atoms with E-state index in [4.69, 9.17) is 4.98 Å². The number of rotatable bonds is 4. The molecule has 7 aromatic heterocycles. The standard InChI is InChI=1S/C69H39N5/c1-3-17-43(18-4-1)71-58-30-11-9-22-48(58)54-36-41(32-34-60(54)71)46-24-13-26-50-51-27-15-28-52-56-39-62-64(70-69(56)74(65(46)50)67(51)52)57-38-40-16-7-8-21-45(40)63-53-29-14-25-47(66(53)73(62)68(57)63)42-33-35-61-55(37-42)49-23-10-12-31-59(49)72(61)44-19-5-2-6-20-44/h1-39H. The van der Waals surface area contributed by atoms with Crippen LogP contribution in [0.15, 0.2) is 237 Å². The van der Waals surface area contributed by atoms with E-state index in [1.165, 1.54) is 131 Å². The minimum Gasteiger partial charge on any atom is -0.309 e. The van der Waals surface area contributed by atoms with Gasteiger partial charge in [-0.15, -0.1) is 0 Å². The smallest absolute Gasteiger partial charge is 0.146 e. The summed E-state index contributed by atoms with van der Waals surface area (Å²) in [6.45, 7) is 0. The molecule has 0 spiro atoms. The van der Waals surface area contributed by atoms with Gasteiger partial charge in [-0.3, -0.25) is 4.40 Å². The van der Waals surface area contributed by atoms with Gasteiger partial charge in [-0.2, -0.15) is 0 Å². The molecule has 11 aromatic carbocycles. The quantitative estimate of drug-likeness (QED) is 0.173.